The molecule has 0 spiro atoms. The van der Waals surface area contributed by atoms with Crippen LogP contribution in [0.15, 0.2) is 69.6 Å². The van der Waals surface area contributed by atoms with Crippen molar-refractivity contribution in [3.8, 4) is 5.75 Å². The Morgan fingerprint density at radius 2 is 1.75 bits per heavy atom. The summed E-state index contributed by atoms with van der Waals surface area (Å²) in [4.78, 5) is 27.2. The Kier molecular flexibility index (Phi) is 6.87. The van der Waals surface area contributed by atoms with Crippen LogP contribution < -0.4 is 4.74 Å². The van der Waals surface area contributed by atoms with Gasteiger partial charge in [0.2, 0.25) is 0 Å². The van der Waals surface area contributed by atoms with Crippen LogP contribution in [0.2, 0.25) is 0 Å². The number of nitrogens with zero attached hydrogens (tertiary/aromatic N) is 3. The Hall–Kier alpha value is -3.17. The molecule has 166 valence electrons. The Bertz CT molecular complexity index is 1090. The molecule has 0 aliphatic carbocycles. The molecule has 9 heteroatoms. The SMILES string of the molecule is O=C(c1ccc(COc2ccc([N+](=O)[O-])cc2)o1)N1CCN(Cc2ccccc2Br)CC1. The highest BCUT2D eigenvalue weighted by Gasteiger charge is 2.24. The largest absolute Gasteiger partial charge is 0.486 e. The lowest BCUT2D eigenvalue weighted by Gasteiger charge is -2.34. The fourth-order valence-corrected chi connectivity index (χ4v) is 3.93. The summed E-state index contributed by atoms with van der Waals surface area (Å²) < 4.78 is 12.4. The molecule has 32 heavy (non-hydrogen) atoms. The minimum Gasteiger partial charge on any atom is -0.486 e. The first-order valence-corrected chi connectivity index (χ1v) is 11.0. The highest BCUT2D eigenvalue weighted by Crippen LogP contribution is 2.21. The number of hydrogen-bond donors (Lipinski definition) is 0. The van der Waals surface area contributed by atoms with Gasteiger partial charge in [0.1, 0.15) is 18.1 Å². The fourth-order valence-electron chi connectivity index (χ4n) is 3.52. The zero-order valence-electron chi connectivity index (χ0n) is 17.3. The van der Waals surface area contributed by atoms with Crippen molar-refractivity contribution < 1.29 is 18.9 Å². The van der Waals surface area contributed by atoms with Gasteiger partial charge in [-0.2, -0.15) is 0 Å². The minimum absolute atomic E-state index is 0.000248. The van der Waals surface area contributed by atoms with Gasteiger partial charge in [0, 0.05) is 49.3 Å². The van der Waals surface area contributed by atoms with Gasteiger partial charge in [-0.25, -0.2) is 0 Å². The van der Waals surface area contributed by atoms with Crippen LogP contribution >= 0.6 is 15.9 Å². The van der Waals surface area contributed by atoms with E-state index < -0.39 is 4.92 Å². The van der Waals surface area contributed by atoms with Crippen LogP contribution in [0.1, 0.15) is 21.9 Å². The van der Waals surface area contributed by atoms with Gasteiger partial charge in [-0.1, -0.05) is 34.1 Å². The molecule has 1 amide bonds. The molecule has 0 atom stereocenters. The van der Waals surface area contributed by atoms with Crippen molar-refractivity contribution in [2.75, 3.05) is 26.2 Å². The van der Waals surface area contributed by atoms with Crippen LogP contribution in [-0.2, 0) is 13.2 Å². The predicted octanol–water partition coefficient (Wildman–Crippen LogP) is 4.49. The molecule has 3 aromatic rings. The molecule has 0 unspecified atom stereocenters. The summed E-state index contributed by atoms with van der Waals surface area (Å²) in [5, 5.41) is 10.7. The van der Waals surface area contributed by atoms with E-state index in [-0.39, 0.29) is 24.0 Å². The Morgan fingerprint density at radius 1 is 1.03 bits per heavy atom. The summed E-state index contributed by atoms with van der Waals surface area (Å²) in [5.41, 5.74) is 1.23. The number of non-ortho nitro benzene ring substituents is 1. The number of furan rings is 1. The third-order valence-corrected chi connectivity index (χ3v) is 6.09. The minimum atomic E-state index is -0.464. The van der Waals surface area contributed by atoms with E-state index in [1.165, 1.54) is 29.8 Å². The van der Waals surface area contributed by atoms with Crippen LogP contribution in [-0.4, -0.2) is 46.8 Å². The molecule has 4 rings (SSSR count). The van der Waals surface area contributed by atoms with Crippen molar-refractivity contribution in [2.45, 2.75) is 13.2 Å². The van der Waals surface area contributed by atoms with Gasteiger partial charge in [-0.3, -0.25) is 19.8 Å². The number of nitro benzene ring substituents is 1. The average molecular weight is 500 g/mol. The number of rotatable bonds is 7. The maximum Gasteiger partial charge on any atom is 0.289 e. The summed E-state index contributed by atoms with van der Waals surface area (Å²) in [6.45, 7) is 3.84. The number of piperazine rings is 1. The molecule has 8 nitrogen and oxygen atoms in total. The summed E-state index contributed by atoms with van der Waals surface area (Å²) >= 11 is 3.59. The van der Waals surface area contributed by atoms with Gasteiger partial charge in [0.05, 0.1) is 4.92 Å². The highest BCUT2D eigenvalue weighted by atomic mass is 79.9. The van der Waals surface area contributed by atoms with Crippen LogP contribution in [0.3, 0.4) is 0 Å². The standard InChI is InChI=1S/C23H22BrN3O5/c24-21-4-2-1-3-17(21)15-25-11-13-26(14-12-25)23(28)22-10-9-20(32-22)16-31-19-7-5-18(6-8-19)27(29)30/h1-10H,11-16H2. The molecular formula is C23H22BrN3O5. The second-order valence-electron chi connectivity index (χ2n) is 7.47. The third kappa shape index (κ3) is 5.35. The zero-order chi connectivity index (χ0) is 22.5. The maximum atomic E-state index is 12.8. The molecule has 1 saturated heterocycles. The topological polar surface area (TPSA) is 89.1 Å². The lowest BCUT2D eigenvalue weighted by molar-refractivity contribution is -0.384. The van der Waals surface area contributed by atoms with Gasteiger partial charge in [0.15, 0.2) is 5.76 Å². The summed E-state index contributed by atoms with van der Waals surface area (Å²) in [7, 11) is 0. The summed E-state index contributed by atoms with van der Waals surface area (Å²) in [6.07, 6.45) is 0. The van der Waals surface area contributed by atoms with Gasteiger partial charge >= 0.3 is 0 Å². The van der Waals surface area contributed by atoms with Gasteiger partial charge in [-0.15, -0.1) is 0 Å². The quantitative estimate of drug-likeness (QED) is 0.351. The Labute approximate surface area is 193 Å². The Morgan fingerprint density at radius 3 is 2.44 bits per heavy atom. The van der Waals surface area contributed by atoms with E-state index in [9.17, 15) is 14.9 Å². The molecule has 0 N–H and O–H groups in total. The number of benzene rings is 2. The molecule has 1 aliphatic heterocycles. The van der Waals surface area contributed by atoms with Gasteiger partial charge in [0.25, 0.3) is 11.6 Å². The van der Waals surface area contributed by atoms with Gasteiger partial charge in [-0.05, 0) is 35.9 Å². The fraction of sp³-hybridized carbons (Fsp3) is 0.261. The molecule has 1 aliphatic rings. The number of hydrogen-bond acceptors (Lipinski definition) is 6. The molecule has 0 bridgehead atoms. The number of amides is 1. The summed E-state index contributed by atoms with van der Waals surface area (Å²) in [6, 6.07) is 17.3. The van der Waals surface area contributed by atoms with Crippen molar-refractivity contribution in [3.05, 3.63) is 92.3 Å². The number of carbonyl (C=O) groups excluding carboxylic acids is 1. The lowest BCUT2D eigenvalue weighted by Crippen LogP contribution is -2.48. The molecule has 1 fully saturated rings. The number of halogens is 1. The molecule has 2 heterocycles. The van der Waals surface area contributed by atoms with E-state index in [2.05, 4.69) is 26.9 Å². The molecule has 2 aromatic carbocycles. The molecule has 0 saturated carbocycles. The van der Waals surface area contributed by atoms with Crippen molar-refractivity contribution in [2.24, 2.45) is 0 Å². The molecule has 1 aromatic heterocycles. The van der Waals surface area contributed by atoms with Crippen LogP contribution in [0, 0.1) is 10.1 Å². The first kappa shape index (κ1) is 22.0. The summed E-state index contributed by atoms with van der Waals surface area (Å²) in [5.74, 6) is 1.15. The third-order valence-electron chi connectivity index (χ3n) is 5.31. The van der Waals surface area contributed by atoms with Crippen LogP contribution in [0.4, 0.5) is 5.69 Å². The molecular weight excluding hydrogens is 478 g/mol. The lowest BCUT2D eigenvalue weighted by atomic mass is 10.2. The number of nitro groups is 1. The monoisotopic (exact) mass is 499 g/mol. The van der Waals surface area contributed by atoms with E-state index in [0.29, 0.717) is 24.6 Å². The Balaban J connectivity index is 1.27. The predicted molar refractivity (Wildman–Crippen MR) is 121 cm³/mol. The van der Waals surface area contributed by atoms with E-state index >= 15 is 0 Å². The average Bonchev–Trinajstić information content (AvgIpc) is 3.29. The van der Waals surface area contributed by atoms with E-state index in [0.717, 1.165) is 24.1 Å². The number of ether oxygens (including phenoxy) is 1. The van der Waals surface area contributed by atoms with Crippen molar-refractivity contribution in [3.63, 3.8) is 0 Å². The normalized spacial score (nSPS) is 14.3. The van der Waals surface area contributed by atoms with Crippen LogP contribution in [0.5, 0.6) is 5.75 Å². The van der Waals surface area contributed by atoms with Crippen molar-refractivity contribution in [1.29, 1.82) is 0 Å². The second kappa shape index (κ2) is 9.97. The highest BCUT2D eigenvalue weighted by molar-refractivity contribution is 9.10. The van der Waals surface area contributed by atoms with E-state index in [4.69, 9.17) is 9.15 Å². The molecule has 0 radical (unpaired) electrons. The van der Waals surface area contributed by atoms with E-state index in [1.807, 2.05) is 18.2 Å². The smallest absolute Gasteiger partial charge is 0.289 e. The van der Waals surface area contributed by atoms with E-state index in [1.54, 1.807) is 17.0 Å². The van der Waals surface area contributed by atoms with Crippen molar-refractivity contribution in [1.82, 2.24) is 9.80 Å². The maximum absolute atomic E-state index is 12.8. The zero-order valence-corrected chi connectivity index (χ0v) is 18.9. The van der Waals surface area contributed by atoms with Crippen molar-refractivity contribution >= 4 is 27.5 Å². The number of carbonyl (C=O) groups is 1. The second-order valence-corrected chi connectivity index (χ2v) is 8.32. The first-order chi connectivity index (χ1) is 15.5. The van der Waals surface area contributed by atoms with Gasteiger partial charge < -0.3 is 14.1 Å². The van der Waals surface area contributed by atoms with Crippen LogP contribution in [0.25, 0.3) is 0 Å². The first-order valence-electron chi connectivity index (χ1n) is 10.2.